The molecule has 0 aromatic rings. The van der Waals surface area contributed by atoms with Crippen molar-refractivity contribution in [3.63, 3.8) is 0 Å². The molecule has 1 fully saturated rings. The zero-order valence-electron chi connectivity index (χ0n) is 13.9. The largest absolute Gasteiger partial charge is 0.286 e. The van der Waals surface area contributed by atoms with Crippen molar-refractivity contribution in [2.45, 2.75) is 74.0 Å². The number of hydrogen-bond donors (Lipinski definition) is 0. The first-order valence-electron chi connectivity index (χ1n) is 7.53. The van der Waals surface area contributed by atoms with Crippen molar-refractivity contribution in [2.75, 3.05) is 19.6 Å². The van der Waals surface area contributed by atoms with Crippen molar-refractivity contribution in [3.05, 3.63) is 0 Å². The Morgan fingerprint density at radius 1 is 0.944 bits per heavy atom. The predicted octanol–water partition coefficient (Wildman–Crippen LogP) is 3.82. The number of nitrogens with zero attached hydrogens (tertiary/aromatic N) is 2. The monoisotopic (exact) mass is 254 g/mol. The first kappa shape index (κ1) is 16.0. The fraction of sp³-hybridized carbons (Fsp3) is 1.00. The third-order valence-corrected chi connectivity index (χ3v) is 3.73. The van der Waals surface area contributed by atoms with Gasteiger partial charge >= 0.3 is 0 Å². The van der Waals surface area contributed by atoms with Gasteiger partial charge < -0.3 is 0 Å². The Morgan fingerprint density at radius 2 is 1.44 bits per heavy atom. The standard InChI is InChI=1S/C16H34N2/c1-9-14-10-17(11-15(3,4)5)13(2)18(14)12-16(6,7)8/h13-14H,9-12H2,1-8H3. The van der Waals surface area contributed by atoms with Crippen LogP contribution in [0, 0.1) is 10.8 Å². The molecule has 0 spiro atoms. The predicted molar refractivity (Wildman–Crippen MR) is 80.7 cm³/mol. The van der Waals surface area contributed by atoms with Crippen LogP contribution in [0.3, 0.4) is 0 Å². The normalized spacial score (nSPS) is 28.0. The van der Waals surface area contributed by atoms with Gasteiger partial charge in [-0.15, -0.1) is 0 Å². The average molecular weight is 254 g/mol. The fourth-order valence-corrected chi connectivity index (χ4v) is 3.02. The summed E-state index contributed by atoms with van der Waals surface area (Å²) in [4.78, 5) is 5.38. The van der Waals surface area contributed by atoms with E-state index in [-0.39, 0.29) is 0 Å². The van der Waals surface area contributed by atoms with Crippen LogP contribution in [0.4, 0.5) is 0 Å². The van der Waals surface area contributed by atoms with E-state index >= 15 is 0 Å². The minimum absolute atomic E-state index is 0.388. The van der Waals surface area contributed by atoms with Gasteiger partial charge in [-0.1, -0.05) is 48.5 Å². The summed E-state index contributed by atoms with van der Waals surface area (Å²) in [7, 11) is 0. The molecule has 0 aromatic carbocycles. The van der Waals surface area contributed by atoms with Crippen LogP contribution in [0.25, 0.3) is 0 Å². The second-order valence-electron chi connectivity index (χ2n) is 8.42. The van der Waals surface area contributed by atoms with E-state index in [1.807, 2.05) is 0 Å². The minimum atomic E-state index is 0.388. The highest BCUT2D eigenvalue weighted by Crippen LogP contribution is 2.29. The molecule has 1 rings (SSSR count). The molecule has 108 valence electrons. The van der Waals surface area contributed by atoms with Crippen LogP contribution in [-0.4, -0.2) is 41.6 Å². The Balaban J connectivity index is 2.73. The van der Waals surface area contributed by atoms with Crippen LogP contribution in [0.5, 0.6) is 0 Å². The van der Waals surface area contributed by atoms with Gasteiger partial charge in [0.05, 0.1) is 6.17 Å². The Hall–Kier alpha value is -0.0800. The van der Waals surface area contributed by atoms with Crippen molar-refractivity contribution in [1.29, 1.82) is 0 Å². The minimum Gasteiger partial charge on any atom is -0.286 e. The number of rotatable bonds is 3. The van der Waals surface area contributed by atoms with Gasteiger partial charge in [0, 0.05) is 25.7 Å². The van der Waals surface area contributed by atoms with E-state index in [0.29, 0.717) is 17.0 Å². The van der Waals surface area contributed by atoms with Crippen molar-refractivity contribution in [2.24, 2.45) is 10.8 Å². The Labute approximate surface area is 115 Å². The highest BCUT2D eigenvalue weighted by atomic mass is 15.4. The van der Waals surface area contributed by atoms with Gasteiger partial charge in [-0.2, -0.15) is 0 Å². The molecule has 1 saturated heterocycles. The molecule has 0 amide bonds. The Bertz CT molecular complexity index is 259. The molecule has 1 aliphatic heterocycles. The Morgan fingerprint density at radius 3 is 1.83 bits per heavy atom. The first-order chi connectivity index (χ1) is 8.03. The first-order valence-corrected chi connectivity index (χ1v) is 7.53. The summed E-state index contributed by atoms with van der Waals surface area (Å²) in [6.45, 7) is 22.4. The molecule has 1 heterocycles. The third kappa shape index (κ3) is 4.55. The van der Waals surface area contributed by atoms with Crippen LogP contribution >= 0.6 is 0 Å². The molecule has 2 atom stereocenters. The third-order valence-electron chi connectivity index (χ3n) is 3.73. The van der Waals surface area contributed by atoms with Crippen LogP contribution in [0.15, 0.2) is 0 Å². The summed E-state index contributed by atoms with van der Waals surface area (Å²) < 4.78 is 0. The van der Waals surface area contributed by atoms with E-state index < -0.39 is 0 Å². The van der Waals surface area contributed by atoms with E-state index in [4.69, 9.17) is 0 Å². The lowest BCUT2D eigenvalue weighted by atomic mass is 9.95. The lowest BCUT2D eigenvalue weighted by molar-refractivity contribution is 0.0808. The lowest BCUT2D eigenvalue weighted by Crippen LogP contribution is -2.44. The van der Waals surface area contributed by atoms with Crippen LogP contribution in [-0.2, 0) is 0 Å². The van der Waals surface area contributed by atoms with Crippen molar-refractivity contribution in [3.8, 4) is 0 Å². The summed E-state index contributed by atoms with van der Waals surface area (Å²) in [5.41, 5.74) is 0.781. The van der Waals surface area contributed by atoms with Crippen molar-refractivity contribution < 1.29 is 0 Å². The van der Waals surface area contributed by atoms with Gasteiger partial charge in [-0.05, 0) is 24.2 Å². The second kappa shape index (κ2) is 5.50. The molecular formula is C16H34N2. The summed E-state index contributed by atoms with van der Waals surface area (Å²) in [5, 5.41) is 0. The fourth-order valence-electron chi connectivity index (χ4n) is 3.02. The molecule has 0 N–H and O–H groups in total. The highest BCUT2D eigenvalue weighted by Gasteiger charge is 2.38. The van der Waals surface area contributed by atoms with E-state index in [9.17, 15) is 0 Å². The lowest BCUT2D eigenvalue weighted by Gasteiger charge is -2.35. The topological polar surface area (TPSA) is 6.48 Å². The van der Waals surface area contributed by atoms with Gasteiger partial charge in [0.15, 0.2) is 0 Å². The highest BCUT2D eigenvalue weighted by molar-refractivity contribution is 4.90. The molecule has 1 aliphatic rings. The van der Waals surface area contributed by atoms with Crippen LogP contribution in [0.2, 0.25) is 0 Å². The molecule has 0 radical (unpaired) electrons. The molecule has 2 unspecified atom stereocenters. The van der Waals surface area contributed by atoms with E-state index in [0.717, 1.165) is 6.04 Å². The van der Waals surface area contributed by atoms with E-state index in [1.165, 1.54) is 26.1 Å². The summed E-state index contributed by atoms with van der Waals surface area (Å²) in [5.74, 6) is 0. The summed E-state index contributed by atoms with van der Waals surface area (Å²) in [6.07, 6.45) is 1.86. The average Bonchev–Trinajstić information content (AvgIpc) is 2.41. The van der Waals surface area contributed by atoms with E-state index in [2.05, 4.69) is 65.2 Å². The van der Waals surface area contributed by atoms with E-state index in [1.54, 1.807) is 0 Å². The molecule has 2 heteroatoms. The maximum atomic E-state index is 2.71. The SMILES string of the molecule is CCC1CN(CC(C)(C)C)C(C)N1CC(C)(C)C. The molecule has 0 aromatic heterocycles. The van der Waals surface area contributed by atoms with Crippen LogP contribution < -0.4 is 0 Å². The molecule has 18 heavy (non-hydrogen) atoms. The second-order valence-corrected chi connectivity index (χ2v) is 8.42. The van der Waals surface area contributed by atoms with Crippen LogP contribution in [0.1, 0.15) is 61.8 Å². The van der Waals surface area contributed by atoms with Gasteiger partial charge in [-0.25, -0.2) is 0 Å². The summed E-state index contributed by atoms with van der Waals surface area (Å²) in [6, 6.07) is 0.738. The zero-order chi connectivity index (χ0) is 14.1. The molecule has 0 aliphatic carbocycles. The van der Waals surface area contributed by atoms with Gasteiger partial charge in [0.2, 0.25) is 0 Å². The molecular weight excluding hydrogens is 220 g/mol. The van der Waals surface area contributed by atoms with Gasteiger partial charge in [0.25, 0.3) is 0 Å². The zero-order valence-corrected chi connectivity index (χ0v) is 13.9. The summed E-state index contributed by atoms with van der Waals surface area (Å²) >= 11 is 0. The maximum Gasteiger partial charge on any atom is 0.0597 e. The Kier molecular flexibility index (Phi) is 4.88. The molecule has 0 saturated carbocycles. The van der Waals surface area contributed by atoms with Crippen molar-refractivity contribution >= 4 is 0 Å². The van der Waals surface area contributed by atoms with Gasteiger partial charge in [-0.3, -0.25) is 9.80 Å². The van der Waals surface area contributed by atoms with Crippen molar-refractivity contribution in [1.82, 2.24) is 9.80 Å². The molecule has 2 nitrogen and oxygen atoms in total. The number of hydrogen-bond acceptors (Lipinski definition) is 2. The maximum absolute atomic E-state index is 2.71. The quantitative estimate of drug-likeness (QED) is 0.755. The smallest absolute Gasteiger partial charge is 0.0597 e. The van der Waals surface area contributed by atoms with Gasteiger partial charge in [0.1, 0.15) is 0 Å². The molecule has 0 bridgehead atoms.